The van der Waals surface area contributed by atoms with Crippen LogP contribution < -0.4 is 10.2 Å². The molecule has 0 aliphatic heterocycles. The van der Waals surface area contributed by atoms with Crippen LogP contribution in [0.4, 0.5) is 17.2 Å². The molecule has 0 saturated heterocycles. The molecule has 1 heterocycles. The Kier molecular flexibility index (Phi) is 4.14. The standard InChI is InChI=1S/C15H19ClN4/c1-9-6-7-12(8-13(9)20(4)5)17-15-11(3)10(2)14(16)18-19-15/h6-8H,1-5H3,(H,17,19). The molecule has 1 N–H and O–H groups in total. The van der Waals surface area contributed by atoms with E-state index in [-0.39, 0.29) is 0 Å². The first kappa shape index (κ1) is 14.6. The second-order valence-electron chi connectivity index (χ2n) is 5.11. The Morgan fingerprint density at radius 2 is 1.75 bits per heavy atom. The van der Waals surface area contributed by atoms with Crippen LogP contribution in [0.5, 0.6) is 0 Å². The lowest BCUT2D eigenvalue weighted by atomic mass is 10.1. The zero-order chi connectivity index (χ0) is 14.9. The van der Waals surface area contributed by atoms with Crippen molar-refractivity contribution in [2.24, 2.45) is 0 Å². The Balaban J connectivity index is 2.36. The summed E-state index contributed by atoms with van der Waals surface area (Å²) in [6.07, 6.45) is 0. The van der Waals surface area contributed by atoms with E-state index >= 15 is 0 Å². The summed E-state index contributed by atoms with van der Waals surface area (Å²) < 4.78 is 0. The molecule has 2 rings (SSSR count). The van der Waals surface area contributed by atoms with Gasteiger partial charge in [0.05, 0.1) is 0 Å². The van der Waals surface area contributed by atoms with Gasteiger partial charge in [0.2, 0.25) is 0 Å². The monoisotopic (exact) mass is 290 g/mol. The number of nitrogens with zero attached hydrogens (tertiary/aromatic N) is 3. The number of rotatable bonds is 3. The van der Waals surface area contributed by atoms with Gasteiger partial charge in [-0.1, -0.05) is 17.7 Å². The molecule has 0 fully saturated rings. The average Bonchev–Trinajstić information content (AvgIpc) is 2.41. The largest absolute Gasteiger partial charge is 0.377 e. The van der Waals surface area contributed by atoms with Crippen LogP contribution in [-0.4, -0.2) is 24.3 Å². The summed E-state index contributed by atoms with van der Waals surface area (Å²) in [5.74, 6) is 0.737. The molecule has 0 radical (unpaired) electrons. The Labute approximate surface area is 124 Å². The minimum Gasteiger partial charge on any atom is -0.377 e. The Hall–Kier alpha value is -1.81. The molecular formula is C15H19ClN4. The normalized spacial score (nSPS) is 10.5. The fourth-order valence-electron chi connectivity index (χ4n) is 2.00. The Bertz CT molecular complexity index is 638. The topological polar surface area (TPSA) is 41.1 Å². The van der Waals surface area contributed by atoms with Crippen LogP contribution in [0.3, 0.4) is 0 Å². The third kappa shape index (κ3) is 2.85. The van der Waals surface area contributed by atoms with E-state index in [2.05, 4.69) is 39.5 Å². The molecule has 4 nitrogen and oxygen atoms in total. The van der Waals surface area contributed by atoms with Crippen LogP contribution in [0.15, 0.2) is 18.2 Å². The number of halogens is 1. The molecule has 2 aromatic rings. The van der Waals surface area contributed by atoms with Gasteiger partial charge in [-0.05, 0) is 49.6 Å². The van der Waals surface area contributed by atoms with E-state index in [9.17, 15) is 0 Å². The van der Waals surface area contributed by atoms with E-state index in [4.69, 9.17) is 11.6 Å². The third-order valence-electron chi connectivity index (χ3n) is 3.42. The second-order valence-corrected chi connectivity index (χ2v) is 5.47. The van der Waals surface area contributed by atoms with E-state index < -0.39 is 0 Å². The van der Waals surface area contributed by atoms with Crippen LogP contribution >= 0.6 is 11.6 Å². The predicted molar refractivity (Wildman–Crippen MR) is 85.3 cm³/mol. The first-order valence-electron chi connectivity index (χ1n) is 6.44. The quantitative estimate of drug-likeness (QED) is 0.932. The van der Waals surface area contributed by atoms with Crippen LogP contribution in [-0.2, 0) is 0 Å². The van der Waals surface area contributed by atoms with Gasteiger partial charge in [0, 0.05) is 25.5 Å². The maximum absolute atomic E-state index is 5.97. The van der Waals surface area contributed by atoms with Gasteiger partial charge in [-0.2, -0.15) is 0 Å². The van der Waals surface area contributed by atoms with Gasteiger partial charge in [-0.15, -0.1) is 10.2 Å². The number of aryl methyl sites for hydroxylation is 1. The second kappa shape index (κ2) is 5.67. The van der Waals surface area contributed by atoms with E-state index in [1.807, 2.05) is 34.0 Å². The van der Waals surface area contributed by atoms with Gasteiger partial charge in [-0.25, -0.2) is 0 Å². The summed E-state index contributed by atoms with van der Waals surface area (Å²) in [7, 11) is 4.06. The van der Waals surface area contributed by atoms with Crippen molar-refractivity contribution in [1.82, 2.24) is 10.2 Å². The van der Waals surface area contributed by atoms with Gasteiger partial charge in [0.25, 0.3) is 0 Å². The maximum atomic E-state index is 5.97. The zero-order valence-electron chi connectivity index (χ0n) is 12.5. The zero-order valence-corrected chi connectivity index (χ0v) is 13.2. The van der Waals surface area contributed by atoms with Gasteiger partial charge < -0.3 is 10.2 Å². The summed E-state index contributed by atoms with van der Waals surface area (Å²) in [5.41, 5.74) is 5.35. The first-order chi connectivity index (χ1) is 9.40. The molecule has 5 heteroatoms. The van der Waals surface area contributed by atoms with Crippen LogP contribution in [0, 0.1) is 20.8 Å². The van der Waals surface area contributed by atoms with E-state index in [1.54, 1.807) is 0 Å². The molecular weight excluding hydrogens is 272 g/mol. The minimum absolute atomic E-state index is 0.450. The molecule has 0 bridgehead atoms. The van der Waals surface area contributed by atoms with Crippen molar-refractivity contribution in [3.05, 3.63) is 40.0 Å². The minimum atomic E-state index is 0.450. The summed E-state index contributed by atoms with van der Waals surface area (Å²) in [5, 5.41) is 11.8. The van der Waals surface area contributed by atoms with Gasteiger partial charge in [0.1, 0.15) is 0 Å². The van der Waals surface area contributed by atoms with Crippen molar-refractivity contribution in [1.29, 1.82) is 0 Å². The lowest BCUT2D eigenvalue weighted by Gasteiger charge is -2.18. The SMILES string of the molecule is Cc1ccc(Nc2nnc(Cl)c(C)c2C)cc1N(C)C. The number of benzene rings is 1. The lowest BCUT2D eigenvalue weighted by Crippen LogP contribution is -2.10. The smallest absolute Gasteiger partial charge is 0.156 e. The fraction of sp³-hybridized carbons (Fsp3) is 0.333. The van der Waals surface area contributed by atoms with Crippen molar-refractivity contribution in [2.75, 3.05) is 24.3 Å². The highest BCUT2D eigenvalue weighted by molar-refractivity contribution is 6.30. The Morgan fingerprint density at radius 3 is 2.40 bits per heavy atom. The summed E-state index contributed by atoms with van der Waals surface area (Å²) in [6, 6.07) is 6.22. The maximum Gasteiger partial charge on any atom is 0.156 e. The molecule has 0 unspecified atom stereocenters. The summed E-state index contributed by atoms with van der Waals surface area (Å²) in [6.45, 7) is 6.02. The molecule has 0 atom stereocenters. The molecule has 0 aliphatic rings. The molecule has 106 valence electrons. The summed E-state index contributed by atoms with van der Waals surface area (Å²) >= 11 is 5.97. The Morgan fingerprint density at radius 1 is 1.05 bits per heavy atom. The first-order valence-corrected chi connectivity index (χ1v) is 6.82. The van der Waals surface area contributed by atoms with Crippen molar-refractivity contribution < 1.29 is 0 Å². The number of nitrogens with one attached hydrogen (secondary N) is 1. The number of aromatic nitrogens is 2. The van der Waals surface area contributed by atoms with E-state index in [1.165, 1.54) is 11.3 Å². The fourth-order valence-corrected chi connectivity index (χ4v) is 2.18. The number of hydrogen-bond acceptors (Lipinski definition) is 4. The number of anilines is 3. The van der Waals surface area contributed by atoms with Crippen molar-refractivity contribution in [3.8, 4) is 0 Å². The van der Waals surface area contributed by atoms with Gasteiger partial charge in [-0.3, -0.25) is 0 Å². The molecule has 1 aromatic carbocycles. The highest BCUT2D eigenvalue weighted by atomic mass is 35.5. The highest BCUT2D eigenvalue weighted by Crippen LogP contribution is 2.27. The van der Waals surface area contributed by atoms with Crippen molar-refractivity contribution in [2.45, 2.75) is 20.8 Å². The van der Waals surface area contributed by atoms with Gasteiger partial charge >= 0.3 is 0 Å². The molecule has 1 aromatic heterocycles. The lowest BCUT2D eigenvalue weighted by molar-refractivity contribution is 1.00. The number of hydrogen-bond donors (Lipinski definition) is 1. The third-order valence-corrected chi connectivity index (χ3v) is 3.78. The van der Waals surface area contributed by atoms with E-state index in [0.717, 1.165) is 22.6 Å². The summed E-state index contributed by atoms with van der Waals surface area (Å²) in [4.78, 5) is 2.09. The van der Waals surface area contributed by atoms with Crippen molar-refractivity contribution in [3.63, 3.8) is 0 Å². The molecule has 0 spiro atoms. The average molecular weight is 291 g/mol. The molecule has 0 aliphatic carbocycles. The van der Waals surface area contributed by atoms with Crippen LogP contribution in [0.25, 0.3) is 0 Å². The van der Waals surface area contributed by atoms with Gasteiger partial charge in [0.15, 0.2) is 11.0 Å². The van der Waals surface area contributed by atoms with Crippen LogP contribution in [0.2, 0.25) is 5.15 Å². The van der Waals surface area contributed by atoms with E-state index in [0.29, 0.717) is 5.15 Å². The van der Waals surface area contributed by atoms with Crippen LogP contribution in [0.1, 0.15) is 16.7 Å². The molecule has 20 heavy (non-hydrogen) atoms. The molecule has 0 amide bonds. The predicted octanol–water partition coefficient (Wildman–Crippen LogP) is 3.86. The molecule has 0 saturated carbocycles. The van der Waals surface area contributed by atoms with Crippen molar-refractivity contribution >= 4 is 28.8 Å². The highest BCUT2D eigenvalue weighted by Gasteiger charge is 2.09.